The normalized spacial score (nSPS) is 11.5. The molecule has 0 aliphatic heterocycles. The summed E-state index contributed by atoms with van der Waals surface area (Å²) in [5, 5.41) is 13.6. The number of thioether (sulfide) groups is 1. The molecule has 1 aromatic heterocycles. The van der Waals surface area contributed by atoms with Crippen molar-refractivity contribution in [3.05, 3.63) is 87.8 Å². The van der Waals surface area contributed by atoms with E-state index in [9.17, 15) is 10.1 Å². The molecule has 1 atom stereocenters. The zero-order valence-electron chi connectivity index (χ0n) is 16.0. The van der Waals surface area contributed by atoms with Crippen molar-refractivity contribution in [3.63, 3.8) is 0 Å². The molecule has 0 bridgehead atoms. The molecule has 1 N–H and O–H groups in total. The van der Waals surface area contributed by atoms with Crippen molar-refractivity contribution in [3.8, 4) is 6.07 Å². The Morgan fingerprint density at radius 2 is 1.86 bits per heavy atom. The highest BCUT2D eigenvalue weighted by molar-refractivity contribution is 8.00. The molecule has 1 amide bonds. The van der Waals surface area contributed by atoms with Gasteiger partial charge in [0, 0.05) is 5.02 Å². The molecule has 0 radical (unpaired) electrons. The summed E-state index contributed by atoms with van der Waals surface area (Å²) in [7, 11) is 0. The Bertz CT molecular complexity index is 1070. The van der Waals surface area contributed by atoms with E-state index in [-0.39, 0.29) is 17.7 Å². The second-order valence-electron chi connectivity index (χ2n) is 6.40. The van der Waals surface area contributed by atoms with Gasteiger partial charge in [-0.1, -0.05) is 65.8 Å². The molecule has 0 fully saturated rings. The molecule has 146 valence electrons. The first-order valence-corrected chi connectivity index (χ1v) is 10.3. The van der Waals surface area contributed by atoms with Gasteiger partial charge < -0.3 is 5.32 Å². The van der Waals surface area contributed by atoms with Crippen molar-refractivity contribution in [1.29, 1.82) is 5.26 Å². The van der Waals surface area contributed by atoms with Crippen LogP contribution in [0, 0.1) is 25.2 Å². The highest BCUT2D eigenvalue weighted by atomic mass is 35.5. The van der Waals surface area contributed by atoms with Gasteiger partial charge >= 0.3 is 0 Å². The molecular formula is C22H19ClN4OS. The van der Waals surface area contributed by atoms with Gasteiger partial charge in [0.2, 0.25) is 5.91 Å². The molecule has 0 spiro atoms. The average molecular weight is 423 g/mol. The van der Waals surface area contributed by atoms with Crippen LogP contribution in [0.1, 0.15) is 34.3 Å². The largest absolute Gasteiger partial charge is 0.344 e. The van der Waals surface area contributed by atoms with Crippen LogP contribution >= 0.6 is 23.4 Å². The van der Waals surface area contributed by atoms with E-state index in [1.54, 1.807) is 19.9 Å². The lowest BCUT2D eigenvalue weighted by atomic mass is 9.99. The minimum absolute atomic E-state index is 0.133. The number of rotatable bonds is 6. The van der Waals surface area contributed by atoms with E-state index < -0.39 is 0 Å². The van der Waals surface area contributed by atoms with E-state index in [0.717, 1.165) is 11.1 Å². The number of nitrogens with zero attached hydrogens (tertiary/aromatic N) is 3. The van der Waals surface area contributed by atoms with E-state index in [2.05, 4.69) is 21.4 Å². The molecular weight excluding hydrogens is 404 g/mol. The van der Waals surface area contributed by atoms with E-state index >= 15 is 0 Å². The first-order valence-electron chi connectivity index (χ1n) is 8.96. The Balaban J connectivity index is 1.79. The summed E-state index contributed by atoms with van der Waals surface area (Å²) in [6.07, 6.45) is 0. The number of halogens is 1. The SMILES string of the molecule is Cc1nc(C)c(C#N)c(SCC(=O)NC(c2ccccc2)c2cccc(Cl)c2)n1. The van der Waals surface area contributed by atoms with Crippen LogP contribution in [-0.4, -0.2) is 21.6 Å². The van der Waals surface area contributed by atoms with Gasteiger partial charge in [-0.25, -0.2) is 9.97 Å². The van der Waals surface area contributed by atoms with Gasteiger partial charge in [-0.3, -0.25) is 4.79 Å². The van der Waals surface area contributed by atoms with Gasteiger partial charge in [0.05, 0.1) is 17.5 Å². The summed E-state index contributed by atoms with van der Waals surface area (Å²) < 4.78 is 0. The van der Waals surface area contributed by atoms with E-state index in [0.29, 0.717) is 27.1 Å². The van der Waals surface area contributed by atoms with Gasteiger partial charge in [0.1, 0.15) is 22.5 Å². The lowest BCUT2D eigenvalue weighted by molar-refractivity contribution is -0.119. The van der Waals surface area contributed by atoms with Crippen molar-refractivity contribution in [2.75, 3.05) is 5.75 Å². The predicted molar refractivity (Wildman–Crippen MR) is 115 cm³/mol. The lowest BCUT2D eigenvalue weighted by Crippen LogP contribution is -2.30. The van der Waals surface area contributed by atoms with Gasteiger partial charge in [-0.05, 0) is 37.1 Å². The molecule has 0 aliphatic carbocycles. The van der Waals surface area contributed by atoms with Gasteiger partial charge in [0.15, 0.2) is 0 Å². The third kappa shape index (κ3) is 5.35. The number of hydrogen-bond donors (Lipinski definition) is 1. The fourth-order valence-corrected chi connectivity index (χ4v) is 4.03. The number of carbonyl (C=O) groups is 1. The number of hydrogen-bond acceptors (Lipinski definition) is 5. The van der Waals surface area contributed by atoms with Crippen molar-refractivity contribution in [2.24, 2.45) is 0 Å². The maximum absolute atomic E-state index is 12.7. The Labute approximate surface area is 179 Å². The molecule has 1 unspecified atom stereocenters. The minimum atomic E-state index is -0.327. The van der Waals surface area contributed by atoms with E-state index in [4.69, 9.17) is 11.6 Å². The second-order valence-corrected chi connectivity index (χ2v) is 7.80. The zero-order valence-corrected chi connectivity index (χ0v) is 17.6. The minimum Gasteiger partial charge on any atom is -0.344 e. The smallest absolute Gasteiger partial charge is 0.231 e. The Kier molecular flexibility index (Phi) is 6.86. The Hall–Kier alpha value is -2.88. The number of nitriles is 1. The number of aryl methyl sites for hydroxylation is 2. The summed E-state index contributed by atoms with van der Waals surface area (Å²) in [5.41, 5.74) is 2.87. The summed E-state index contributed by atoms with van der Waals surface area (Å²) >= 11 is 7.39. The van der Waals surface area contributed by atoms with Crippen LogP contribution in [0.4, 0.5) is 0 Å². The summed E-state index contributed by atoms with van der Waals surface area (Å²) in [5.74, 6) is 0.543. The van der Waals surface area contributed by atoms with Crippen LogP contribution in [0.3, 0.4) is 0 Å². The molecule has 2 aromatic carbocycles. The third-order valence-corrected chi connectivity index (χ3v) is 5.45. The fourth-order valence-electron chi connectivity index (χ4n) is 2.94. The number of aromatic nitrogens is 2. The molecule has 3 rings (SSSR count). The molecule has 0 saturated carbocycles. The highest BCUT2D eigenvalue weighted by Gasteiger charge is 2.18. The molecule has 5 nitrogen and oxygen atoms in total. The van der Waals surface area contributed by atoms with Crippen LogP contribution in [0.2, 0.25) is 5.02 Å². The lowest BCUT2D eigenvalue weighted by Gasteiger charge is -2.20. The van der Waals surface area contributed by atoms with Crippen molar-refractivity contribution in [1.82, 2.24) is 15.3 Å². The number of carbonyl (C=O) groups excluding carboxylic acids is 1. The maximum atomic E-state index is 12.7. The van der Waals surface area contributed by atoms with Crippen molar-refractivity contribution in [2.45, 2.75) is 24.9 Å². The molecule has 3 aromatic rings. The first-order chi connectivity index (χ1) is 14.0. The van der Waals surface area contributed by atoms with Gasteiger partial charge in [0.25, 0.3) is 0 Å². The average Bonchev–Trinajstić information content (AvgIpc) is 2.71. The molecule has 1 heterocycles. The molecule has 0 saturated heterocycles. The number of amides is 1. The Morgan fingerprint density at radius 3 is 2.55 bits per heavy atom. The summed E-state index contributed by atoms with van der Waals surface area (Å²) in [6, 6.07) is 18.9. The predicted octanol–water partition coefficient (Wildman–Crippen LogP) is 4.62. The van der Waals surface area contributed by atoms with Crippen LogP contribution in [-0.2, 0) is 4.79 Å². The standard InChI is InChI=1S/C22H19ClN4OS/c1-14-19(12-24)22(26-15(2)25-14)29-13-20(28)27-21(16-7-4-3-5-8-16)17-9-6-10-18(23)11-17/h3-11,21H,13H2,1-2H3,(H,27,28). The van der Waals surface area contributed by atoms with Crippen molar-refractivity contribution < 1.29 is 4.79 Å². The third-order valence-electron chi connectivity index (χ3n) is 4.24. The summed E-state index contributed by atoms with van der Waals surface area (Å²) in [4.78, 5) is 21.3. The Morgan fingerprint density at radius 1 is 1.14 bits per heavy atom. The molecule has 0 aliphatic rings. The first kappa shape index (κ1) is 20.8. The quantitative estimate of drug-likeness (QED) is 0.463. The summed E-state index contributed by atoms with van der Waals surface area (Å²) in [6.45, 7) is 3.53. The number of nitrogens with one attached hydrogen (secondary N) is 1. The molecule has 29 heavy (non-hydrogen) atoms. The maximum Gasteiger partial charge on any atom is 0.231 e. The van der Waals surface area contributed by atoms with Crippen LogP contribution in [0.5, 0.6) is 0 Å². The molecule has 7 heteroatoms. The monoisotopic (exact) mass is 422 g/mol. The van der Waals surface area contributed by atoms with Gasteiger partial charge in [-0.2, -0.15) is 5.26 Å². The van der Waals surface area contributed by atoms with E-state index in [1.807, 2.05) is 48.5 Å². The second kappa shape index (κ2) is 9.55. The van der Waals surface area contributed by atoms with Crippen LogP contribution in [0.15, 0.2) is 59.6 Å². The fraction of sp³-hybridized carbons (Fsp3) is 0.182. The number of benzene rings is 2. The zero-order chi connectivity index (χ0) is 20.8. The van der Waals surface area contributed by atoms with Crippen LogP contribution in [0.25, 0.3) is 0 Å². The van der Waals surface area contributed by atoms with E-state index in [1.165, 1.54) is 11.8 Å². The topological polar surface area (TPSA) is 78.7 Å². The van der Waals surface area contributed by atoms with Crippen molar-refractivity contribution >= 4 is 29.3 Å². The van der Waals surface area contributed by atoms with Crippen LogP contribution < -0.4 is 5.32 Å². The highest BCUT2D eigenvalue weighted by Crippen LogP contribution is 2.26. The van der Waals surface area contributed by atoms with Gasteiger partial charge in [-0.15, -0.1) is 0 Å².